The van der Waals surface area contributed by atoms with Gasteiger partial charge in [-0.1, -0.05) is 0 Å². The molecule has 1 fully saturated rings. The summed E-state index contributed by atoms with van der Waals surface area (Å²) in [6.07, 6.45) is 8.11. The van der Waals surface area contributed by atoms with E-state index < -0.39 is 5.60 Å². The molecule has 1 aliphatic rings. The second-order valence-corrected chi connectivity index (χ2v) is 6.27. The summed E-state index contributed by atoms with van der Waals surface area (Å²) in [5.74, 6) is 0. The minimum atomic E-state index is -0.728. The molecule has 0 saturated carbocycles. The first-order chi connectivity index (χ1) is 10.6. The number of rotatable bonds is 4. The highest BCUT2D eigenvalue weighted by Crippen LogP contribution is 2.32. The molecule has 1 saturated heterocycles. The van der Waals surface area contributed by atoms with E-state index in [-0.39, 0.29) is 0 Å². The Bertz CT molecular complexity index is 629. The lowest BCUT2D eigenvalue weighted by Gasteiger charge is -2.38. The molecular formula is C17H24N4O. The zero-order valence-corrected chi connectivity index (χ0v) is 13.4. The molecule has 5 heteroatoms. The highest BCUT2D eigenvalue weighted by molar-refractivity contribution is 5.21. The second kappa shape index (κ2) is 6.18. The van der Waals surface area contributed by atoms with Crippen molar-refractivity contribution < 1.29 is 5.11 Å². The van der Waals surface area contributed by atoms with E-state index in [2.05, 4.69) is 28.0 Å². The summed E-state index contributed by atoms with van der Waals surface area (Å²) < 4.78 is 1.79. The van der Waals surface area contributed by atoms with Gasteiger partial charge in [-0.05, 0) is 49.4 Å². The number of likely N-dealkylation sites (tertiary alicyclic amines) is 1. The normalized spacial score (nSPS) is 18.5. The Hall–Kier alpha value is -1.72. The average molecular weight is 300 g/mol. The SMILES string of the molecule is Cc1cnccc1CCN1CCC(O)(c2ccnn2C)CC1. The first kappa shape index (κ1) is 15.2. The summed E-state index contributed by atoms with van der Waals surface area (Å²) >= 11 is 0. The first-order valence-electron chi connectivity index (χ1n) is 7.91. The van der Waals surface area contributed by atoms with Crippen LogP contribution >= 0.6 is 0 Å². The van der Waals surface area contributed by atoms with Gasteiger partial charge in [0.15, 0.2) is 0 Å². The Balaban J connectivity index is 1.56. The molecule has 0 aromatic carbocycles. The van der Waals surface area contributed by atoms with Crippen molar-refractivity contribution in [2.45, 2.75) is 31.8 Å². The van der Waals surface area contributed by atoms with Gasteiger partial charge in [-0.2, -0.15) is 5.10 Å². The van der Waals surface area contributed by atoms with Crippen LogP contribution in [0.5, 0.6) is 0 Å². The van der Waals surface area contributed by atoms with Gasteiger partial charge in [0, 0.05) is 45.3 Å². The van der Waals surface area contributed by atoms with Crippen LogP contribution in [0.1, 0.15) is 29.7 Å². The lowest BCUT2D eigenvalue weighted by Crippen LogP contribution is -2.44. The highest BCUT2D eigenvalue weighted by atomic mass is 16.3. The predicted octanol–water partition coefficient (Wildman–Crippen LogP) is 1.65. The molecule has 0 atom stereocenters. The number of aromatic nitrogens is 3. The highest BCUT2D eigenvalue weighted by Gasteiger charge is 2.35. The van der Waals surface area contributed by atoms with Crippen LogP contribution < -0.4 is 0 Å². The van der Waals surface area contributed by atoms with Crippen molar-refractivity contribution in [3.05, 3.63) is 47.5 Å². The second-order valence-electron chi connectivity index (χ2n) is 6.27. The van der Waals surface area contributed by atoms with E-state index in [0.29, 0.717) is 0 Å². The minimum Gasteiger partial charge on any atom is -0.383 e. The van der Waals surface area contributed by atoms with Gasteiger partial charge in [-0.15, -0.1) is 0 Å². The number of pyridine rings is 1. The van der Waals surface area contributed by atoms with E-state index in [0.717, 1.165) is 44.6 Å². The fourth-order valence-corrected chi connectivity index (χ4v) is 3.29. The fraction of sp³-hybridized carbons (Fsp3) is 0.529. The fourth-order valence-electron chi connectivity index (χ4n) is 3.29. The van der Waals surface area contributed by atoms with E-state index >= 15 is 0 Å². The number of nitrogens with zero attached hydrogens (tertiary/aromatic N) is 4. The molecule has 0 unspecified atom stereocenters. The lowest BCUT2D eigenvalue weighted by molar-refractivity contribution is -0.0317. The van der Waals surface area contributed by atoms with Gasteiger partial charge in [0.2, 0.25) is 0 Å². The molecule has 0 spiro atoms. The van der Waals surface area contributed by atoms with E-state index in [9.17, 15) is 5.11 Å². The molecule has 3 heterocycles. The maximum atomic E-state index is 10.9. The Labute approximate surface area is 131 Å². The third-order valence-corrected chi connectivity index (χ3v) is 4.81. The molecule has 22 heavy (non-hydrogen) atoms. The van der Waals surface area contributed by atoms with Crippen molar-refractivity contribution in [2.24, 2.45) is 7.05 Å². The zero-order chi connectivity index (χ0) is 15.6. The molecule has 5 nitrogen and oxygen atoms in total. The molecular weight excluding hydrogens is 276 g/mol. The molecule has 0 bridgehead atoms. The molecule has 1 aliphatic heterocycles. The molecule has 2 aromatic rings. The van der Waals surface area contributed by atoms with Crippen LogP contribution in [0.4, 0.5) is 0 Å². The molecule has 3 rings (SSSR count). The lowest BCUT2D eigenvalue weighted by atomic mass is 9.88. The minimum absolute atomic E-state index is 0.728. The summed E-state index contributed by atoms with van der Waals surface area (Å²) in [5.41, 5.74) is 2.82. The molecule has 0 amide bonds. The topological polar surface area (TPSA) is 54.2 Å². The monoisotopic (exact) mass is 300 g/mol. The van der Waals surface area contributed by atoms with Crippen LogP contribution in [-0.4, -0.2) is 44.4 Å². The molecule has 2 aromatic heterocycles. The van der Waals surface area contributed by atoms with Crippen molar-refractivity contribution in [3.63, 3.8) is 0 Å². The largest absolute Gasteiger partial charge is 0.383 e. The number of hydrogen-bond acceptors (Lipinski definition) is 4. The Morgan fingerprint density at radius 2 is 2.00 bits per heavy atom. The molecule has 0 radical (unpaired) electrons. The van der Waals surface area contributed by atoms with Gasteiger partial charge in [0.25, 0.3) is 0 Å². The summed E-state index contributed by atoms with van der Waals surface area (Å²) in [7, 11) is 1.89. The van der Waals surface area contributed by atoms with E-state index in [4.69, 9.17) is 0 Å². The molecule has 118 valence electrons. The van der Waals surface area contributed by atoms with Crippen molar-refractivity contribution in [1.82, 2.24) is 19.7 Å². The van der Waals surface area contributed by atoms with Crippen molar-refractivity contribution >= 4 is 0 Å². The quantitative estimate of drug-likeness (QED) is 0.933. The van der Waals surface area contributed by atoms with Crippen molar-refractivity contribution in [3.8, 4) is 0 Å². The van der Waals surface area contributed by atoms with Gasteiger partial charge in [0.1, 0.15) is 5.60 Å². The van der Waals surface area contributed by atoms with Crippen LogP contribution in [0.25, 0.3) is 0 Å². The smallest absolute Gasteiger partial charge is 0.109 e. The molecule has 1 N–H and O–H groups in total. The standard InChI is InChI=1S/C17H24N4O/c1-14-13-18-8-3-15(14)5-10-21-11-6-17(22,7-12-21)16-4-9-19-20(16)2/h3-4,8-9,13,22H,5-7,10-12H2,1-2H3. The van der Waals surface area contributed by atoms with Crippen LogP contribution in [0.15, 0.2) is 30.7 Å². The van der Waals surface area contributed by atoms with Crippen LogP contribution in [0, 0.1) is 6.92 Å². The third-order valence-electron chi connectivity index (χ3n) is 4.81. The Morgan fingerprint density at radius 1 is 1.23 bits per heavy atom. The van der Waals surface area contributed by atoms with E-state index in [1.54, 1.807) is 10.9 Å². The Morgan fingerprint density at radius 3 is 2.64 bits per heavy atom. The summed E-state index contributed by atoms with van der Waals surface area (Å²) in [4.78, 5) is 6.58. The summed E-state index contributed by atoms with van der Waals surface area (Å²) in [5, 5.41) is 15.0. The Kier molecular flexibility index (Phi) is 4.27. The summed E-state index contributed by atoms with van der Waals surface area (Å²) in [6.45, 7) is 4.99. The van der Waals surface area contributed by atoms with Gasteiger partial charge < -0.3 is 10.0 Å². The van der Waals surface area contributed by atoms with Crippen molar-refractivity contribution in [2.75, 3.05) is 19.6 Å². The van der Waals surface area contributed by atoms with Crippen LogP contribution in [0.2, 0.25) is 0 Å². The number of aliphatic hydroxyl groups is 1. The van der Waals surface area contributed by atoms with Gasteiger partial charge in [-0.3, -0.25) is 9.67 Å². The van der Waals surface area contributed by atoms with E-state index in [1.807, 2.05) is 25.5 Å². The van der Waals surface area contributed by atoms with Gasteiger partial charge in [0.05, 0.1) is 5.69 Å². The van der Waals surface area contributed by atoms with Crippen LogP contribution in [0.3, 0.4) is 0 Å². The third kappa shape index (κ3) is 3.05. The first-order valence-corrected chi connectivity index (χ1v) is 7.91. The van der Waals surface area contributed by atoms with Crippen LogP contribution in [-0.2, 0) is 19.1 Å². The number of hydrogen-bond donors (Lipinski definition) is 1. The van der Waals surface area contributed by atoms with E-state index in [1.165, 1.54) is 11.1 Å². The average Bonchev–Trinajstić information content (AvgIpc) is 2.95. The maximum Gasteiger partial charge on any atom is 0.109 e. The van der Waals surface area contributed by atoms with Gasteiger partial charge >= 0.3 is 0 Å². The summed E-state index contributed by atoms with van der Waals surface area (Å²) in [6, 6.07) is 4.03. The predicted molar refractivity (Wildman–Crippen MR) is 85.5 cm³/mol. The number of piperidine rings is 1. The maximum absolute atomic E-state index is 10.9. The van der Waals surface area contributed by atoms with Crippen molar-refractivity contribution in [1.29, 1.82) is 0 Å². The zero-order valence-electron chi connectivity index (χ0n) is 13.4. The van der Waals surface area contributed by atoms with Gasteiger partial charge in [-0.25, -0.2) is 0 Å². The molecule has 0 aliphatic carbocycles. The number of aryl methyl sites for hydroxylation is 2.